The number of halogens is 1. The van der Waals surface area contributed by atoms with Gasteiger partial charge in [0.05, 0.1) is 0 Å². The lowest BCUT2D eigenvalue weighted by Gasteiger charge is -2.24. The minimum absolute atomic E-state index is 0.389. The topological polar surface area (TPSA) is 21.3 Å². The molecule has 0 spiro atoms. The standard InChI is InChI=1S/C15H20ClNO/c1-10-8-13(4-5-14(10)16)18-15(11-2-3-11)12-6-7-17-9-12/h4-5,8,11-12,15,17H,2-3,6-7,9H2,1H3/t12-,15-/m0/s1. The first-order valence-electron chi connectivity index (χ1n) is 6.87. The Morgan fingerprint density at radius 2 is 2.11 bits per heavy atom. The molecule has 1 aliphatic heterocycles. The maximum atomic E-state index is 6.26. The van der Waals surface area contributed by atoms with Gasteiger partial charge >= 0.3 is 0 Å². The van der Waals surface area contributed by atoms with Crippen molar-refractivity contribution in [2.75, 3.05) is 13.1 Å². The minimum Gasteiger partial charge on any atom is -0.490 e. The van der Waals surface area contributed by atoms with E-state index in [0.29, 0.717) is 12.0 Å². The maximum Gasteiger partial charge on any atom is 0.120 e. The maximum absolute atomic E-state index is 6.26. The second-order valence-electron chi connectivity index (χ2n) is 5.58. The molecule has 1 N–H and O–H groups in total. The van der Waals surface area contributed by atoms with Gasteiger partial charge in [0, 0.05) is 17.5 Å². The van der Waals surface area contributed by atoms with Crippen LogP contribution in [0.4, 0.5) is 0 Å². The summed E-state index contributed by atoms with van der Waals surface area (Å²) in [5.41, 5.74) is 1.09. The number of hydrogen-bond donors (Lipinski definition) is 1. The zero-order valence-electron chi connectivity index (χ0n) is 10.8. The van der Waals surface area contributed by atoms with E-state index in [1.54, 1.807) is 0 Å². The molecule has 18 heavy (non-hydrogen) atoms. The van der Waals surface area contributed by atoms with Gasteiger partial charge in [0.15, 0.2) is 0 Å². The summed E-state index contributed by atoms with van der Waals surface area (Å²) in [6.45, 7) is 4.27. The molecule has 1 saturated heterocycles. The molecule has 1 aliphatic carbocycles. The second-order valence-corrected chi connectivity index (χ2v) is 5.99. The van der Waals surface area contributed by atoms with Crippen molar-refractivity contribution in [2.45, 2.75) is 32.3 Å². The van der Waals surface area contributed by atoms with Gasteiger partial charge in [-0.25, -0.2) is 0 Å². The zero-order valence-corrected chi connectivity index (χ0v) is 11.5. The molecule has 2 fully saturated rings. The SMILES string of the molecule is Cc1cc(O[C@@H](C2CC2)[C@H]2CCNC2)ccc1Cl. The van der Waals surface area contributed by atoms with Crippen LogP contribution in [0.25, 0.3) is 0 Å². The van der Waals surface area contributed by atoms with Gasteiger partial charge in [0.2, 0.25) is 0 Å². The number of ether oxygens (including phenoxy) is 1. The normalized spacial score (nSPS) is 25.1. The van der Waals surface area contributed by atoms with Crippen molar-refractivity contribution < 1.29 is 4.74 Å². The smallest absolute Gasteiger partial charge is 0.120 e. The van der Waals surface area contributed by atoms with Gasteiger partial charge in [-0.15, -0.1) is 0 Å². The summed E-state index contributed by atoms with van der Waals surface area (Å²) in [7, 11) is 0. The Labute approximate surface area is 114 Å². The summed E-state index contributed by atoms with van der Waals surface area (Å²) in [4.78, 5) is 0. The van der Waals surface area contributed by atoms with E-state index in [4.69, 9.17) is 16.3 Å². The van der Waals surface area contributed by atoms with Crippen molar-refractivity contribution in [2.24, 2.45) is 11.8 Å². The molecular weight excluding hydrogens is 246 g/mol. The second kappa shape index (κ2) is 5.10. The lowest BCUT2D eigenvalue weighted by atomic mass is 9.97. The van der Waals surface area contributed by atoms with E-state index in [0.717, 1.165) is 35.3 Å². The number of hydrogen-bond acceptors (Lipinski definition) is 2. The van der Waals surface area contributed by atoms with Crippen LogP contribution < -0.4 is 10.1 Å². The van der Waals surface area contributed by atoms with Gasteiger partial charge < -0.3 is 10.1 Å². The Morgan fingerprint density at radius 1 is 1.28 bits per heavy atom. The van der Waals surface area contributed by atoms with Crippen LogP contribution in [0, 0.1) is 18.8 Å². The van der Waals surface area contributed by atoms with E-state index in [-0.39, 0.29) is 0 Å². The van der Waals surface area contributed by atoms with Gasteiger partial charge in [-0.2, -0.15) is 0 Å². The average molecular weight is 266 g/mol. The molecule has 1 aromatic carbocycles. The summed E-state index contributed by atoms with van der Waals surface area (Å²) in [5, 5.41) is 4.25. The van der Waals surface area contributed by atoms with Crippen LogP contribution in [-0.4, -0.2) is 19.2 Å². The Kier molecular flexibility index (Phi) is 3.49. The van der Waals surface area contributed by atoms with E-state index in [1.807, 2.05) is 19.1 Å². The molecule has 0 aromatic heterocycles. The quantitative estimate of drug-likeness (QED) is 0.901. The summed E-state index contributed by atoms with van der Waals surface area (Å²) >= 11 is 6.05. The highest BCUT2D eigenvalue weighted by Gasteiger charge is 2.39. The molecule has 0 radical (unpaired) electrons. The van der Waals surface area contributed by atoms with Crippen LogP contribution >= 0.6 is 11.6 Å². The van der Waals surface area contributed by atoms with Crippen LogP contribution in [0.1, 0.15) is 24.8 Å². The van der Waals surface area contributed by atoms with Crippen LogP contribution in [0.5, 0.6) is 5.75 Å². The van der Waals surface area contributed by atoms with Crippen LogP contribution in [0.2, 0.25) is 5.02 Å². The highest BCUT2D eigenvalue weighted by molar-refractivity contribution is 6.31. The molecule has 0 unspecified atom stereocenters. The fourth-order valence-corrected chi connectivity index (χ4v) is 2.92. The fraction of sp³-hybridized carbons (Fsp3) is 0.600. The molecule has 3 heteroatoms. The van der Waals surface area contributed by atoms with Gasteiger partial charge in [0.25, 0.3) is 0 Å². The van der Waals surface area contributed by atoms with Crippen molar-refractivity contribution >= 4 is 11.6 Å². The minimum atomic E-state index is 0.389. The molecule has 3 rings (SSSR count). The molecule has 0 amide bonds. The number of rotatable bonds is 4. The third kappa shape index (κ3) is 2.65. The monoisotopic (exact) mass is 265 g/mol. The molecule has 2 atom stereocenters. The van der Waals surface area contributed by atoms with E-state index >= 15 is 0 Å². The van der Waals surface area contributed by atoms with Crippen LogP contribution in [0.3, 0.4) is 0 Å². The Hall–Kier alpha value is -0.730. The average Bonchev–Trinajstić information content (AvgIpc) is 3.05. The van der Waals surface area contributed by atoms with Crippen molar-refractivity contribution in [3.8, 4) is 5.75 Å². The lowest BCUT2D eigenvalue weighted by Crippen LogP contribution is -2.30. The first kappa shape index (κ1) is 12.3. The highest BCUT2D eigenvalue weighted by atomic mass is 35.5. The lowest BCUT2D eigenvalue weighted by molar-refractivity contribution is 0.121. The molecule has 98 valence electrons. The molecule has 1 aromatic rings. The van der Waals surface area contributed by atoms with Crippen molar-refractivity contribution in [3.05, 3.63) is 28.8 Å². The van der Waals surface area contributed by atoms with Crippen molar-refractivity contribution in [1.29, 1.82) is 0 Å². The summed E-state index contributed by atoms with van der Waals surface area (Å²) in [6.07, 6.45) is 4.29. The third-order valence-electron chi connectivity index (χ3n) is 4.05. The first-order chi connectivity index (χ1) is 8.74. The number of nitrogens with one attached hydrogen (secondary N) is 1. The van der Waals surface area contributed by atoms with Gasteiger partial charge in [-0.05, 0) is 62.4 Å². The van der Waals surface area contributed by atoms with Gasteiger partial charge in [-0.1, -0.05) is 11.6 Å². The molecule has 2 aliphatic rings. The zero-order chi connectivity index (χ0) is 12.5. The third-order valence-corrected chi connectivity index (χ3v) is 4.48. The Morgan fingerprint density at radius 3 is 2.72 bits per heavy atom. The van der Waals surface area contributed by atoms with Gasteiger partial charge in [-0.3, -0.25) is 0 Å². The molecule has 1 heterocycles. The predicted molar refractivity (Wildman–Crippen MR) is 74.3 cm³/mol. The highest BCUT2D eigenvalue weighted by Crippen LogP contribution is 2.40. The number of aryl methyl sites for hydroxylation is 1. The molecule has 0 bridgehead atoms. The Bertz CT molecular complexity index is 425. The van der Waals surface area contributed by atoms with Gasteiger partial charge in [0.1, 0.15) is 11.9 Å². The summed E-state index contributed by atoms with van der Waals surface area (Å²) < 4.78 is 6.26. The fourth-order valence-electron chi connectivity index (χ4n) is 2.81. The molecular formula is C15H20ClNO. The van der Waals surface area contributed by atoms with E-state index in [1.165, 1.54) is 19.3 Å². The van der Waals surface area contributed by atoms with Crippen LogP contribution in [0.15, 0.2) is 18.2 Å². The van der Waals surface area contributed by atoms with Crippen molar-refractivity contribution in [3.63, 3.8) is 0 Å². The van der Waals surface area contributed by atoms with Crippen LogP contribution in [-0.2, 0) is 0 Å². The molecule has 2 nitrogen and oxygen atoms in total. The van der Waals surface area contributed by atoms with E-state index in [2.05, 4.69) is 11.4 Å². The largest absolute Gasteiger partial charge is 0.490 e. The summed E-state index contributed by atoms with van der Waals surface area (Å²) in [5.74, 6) is 2.42. The van der Waals surface area contributed by atoms with E-state index < -0.39 is 0 Å². The Balaban J connectivity index is 1.73. The first-order valence-corrected chi connectivity index (χ1v) is 7.25. The number of benzene rings is 1. The van der Waals surface area contributed by atoms with Crippen molar-refractivity contribution in [1.82, 2.24) is 5.32 Å². The molecule has 1 saturated carbocycles. The predicted octanol–water partition coefficient (Wildman–Crippen LogP) is 3.42. The van der Waals surface area contributed by atoms with E-state index in [9.17, 15) is 0 Å². The summed E-state index contributed by atoms with van der Waals surface area (Å²) in [6, 6.07) is 5.98.